The molecule has 0 radical (unpaired) electrons. The minimum Gasteiger partial charge on any atom is -0.493 e. The second kappa shape index (κ2) is 8.81. The average Bonchev–Trinajstić information content (AvgIpc) is 3.14. The van der Waals surface area contributed by atoms with Crippen LogP contribution in [0.3, 0.4) is 0 Å². The van der Waals surface area contributed by atoms with E-state index in [-0.39, 0.29) is 16.4 Å². The summed E-state index contributed by atoms with van der Waals surface area (Å²) < 4.78 is 15.2. The molecule has 138 valence electrons. The van der Waals surface area contributed by atoms with Crippen LogP contribution in [0, 0.1) is 10.1 Å². The van der Waals surface area contributed by atoms with Gasteiger partial charge in [0.05, 0.1) is 19.1 Å². The average molecular weight is 380 g/mol. The monoisotopic (exact) mass is 380 g/mol. The first-order chi connectivity index (χ1) is 12.4. The molecule has 0 aliphatic rings. The number of hydrogen-bond donors (Lipinski definition) is 1. The van der Waals surface area contributed by atoms with Crippen LogP contribution < -0.4 is 14.8 Å². The van der Waals surface area contributed by atoms with E-state index in [2.05, 4.69) is 5.32 Å². The highest BCUT2D eigenvalue weighted by atomic mass is 32.1. The van der Waals surface area contributed by atoms with Gasteiger partial charge in [-0.3, -0.25) is 14.9 Å². The molecule has 0 unspecified atom stereocenters. The minimum absolute atomic E-state index is 0.0596. The summed E-state index contributed by atoms with van der Waals surface area (Å²) in [4.78, 5) is 33.6. The summed E-state index contributed by atoms with van der Waals surface area (Å²) in [5.41, 5.74) is 0.774. The van der Waals surface area contributed by atoms with Crippen LogP contribution in [0.4, 0.5) is 5.00 Å². The van der Waals surface area contributed by atoms with Gasteiger partial charge in [0.2, 0.25) is 0 Å². The molecule has 0 aliphatic heterocycles. The van der Waals surface area contributed by atoms with Crippen LogP contribution in [0.1, 0.15) is 15.2 Å². The number of hydrogen-bond acceptors (Lipinski definition) is 8. The lowest BCUT2D eigenvalue weighted by Gasteiger charge is -2.10. The maximum absolute atomic E-state index is 11.8. The predicted octanol–water partition coefficient (Wildman–Crippen LogP) is 2.15. The van der Waals surface area contributed by atoms with E-state index in [0.717, 1.165) is 5.56 Å². The van der Waals surface area contributed by atoms with Crippen molar-refractivity contribution in [3.63, 3.8) is 0 Å². The van der Waals surface area contributed by atoms with Gasteiger partial charge < -0.3 is 19.5 Å². The molecule has 26 heavy (non-hydrogen) atoms. The summed E-state index contributed by atoms with van der Waals surface area (Å²) >= 11 is 0.687. The molecular formula is C16H16N2O7S. The molecule has 0 atom stereocenters. The van der Waals surface area contributed by atoms with Gasteiger partial charge in [-0.15, -0.1) is 0 Å². The summed E-state index contributed by atoms with van der Waals surface area (Å²) in [6.45, 7) is -0.279. The first-order valence-electron chi connectivity index (χ1n) is 7.33. The van der Waals surface area contributed by atoms with E-state index in [4.69, 9.17) is 14.2 Å². The van der Waals surface area contributed by atoms with Crippen molar-refractivity contribution < 1.29 is 28.7 Å². The number of thiophene rings is 1. The molecule has 1 N–H and O–H groups in total. The second-order valence-electron chi connectivity index (χ2n) is 4.94. The van der Waals surface area contributed by atoms with Crippen LogP contribution in [0.2, 0.25) is 0 Å². The first-order valence-corrected chi connectivity index (χ1v) is 8.15. The summed E-state index contributed by atoms with van der Waals surface area (Å²) in [5, 5.41) is 13.0. The fourth-order valence-electron chi connectivity index (χ4n) is 1.98. The Hall–Kier alpha value is -3.14. The Balaban J connectivity index is 1.83. The third kappa shape index (κ3) is 4.93. The number of ether oxygens (including phenoxy) is 3. The normalized spacial score (nSPS) is 10.1. The van der Waals surface area contributed by atoms with Gasteiger partial charge in [0, 0.05) is 12.6 Å². The third-order valence-electron chi connectivity index (χ3n) is 3.24. The Morgan fingerprint density at radius 2 is 1.88 bits per heavy atom. The molecule has 2 rings (SSSR count). The van der Waals surface area contributed by atoms with E-state index in [0.29, 0.717) is 22.8 Å². The summed E-state index contributed by atoms with van der Waals surface area (Å²) in [6, 6.07) is 7.68. The molecule has 2 aromatic rings. The number of rotatable bonds is 8. The van der Waals surface area contributed by atoms with Crippen molar-refractivity contribution in [2.45, 2.75) is 6.54 Å². The largest absolute Gasteiger partial charge is 0.493 e. The van der Waals surface area contributed by atoms with E-state index < -0.39 is 23.4 Å². The molecule has 1 amide bonds. The van der Waals surface area contributed by atoms with Crippen LogP contribution in [0.15, 0.2) is 30.3 Å². The van der Waals surface area contributed by atoms with Gasteiger partial charge in [0.1, 0.15) is 4.88 Å². The quantitative estimate of drug-likeness (QED) is 0.423. The SMILES string of the molecule is COc1ccc(CNC(=O)COC(=O)c2ccc([N+](=O)[O-])s2)cc1OC. The zero-order valence-corrected chi connectivity index (χ0v) is 14.8. The van der Waals surface area contributed by atoms with Crippen molar-refractivity contribution in [3.05, 3.63) is 50.9 Å². The Morgan fingerprint density at radius 1 is 1.15 bits per heavy atom. The molecular weight excluding hydrogens is 364 g/mol. The molecule has 0 aliphatic carbocycles. The summed E-state index contributed by atoms with van der Waals surface area (Å²) in [7, 11) is 3.03. The van der Waals surface area contributed by atoms with Crippen molar-refractivity contribution in [1.82, 2.24) is 5.32 Å². The Labute approximate surface area is 152 Å². The van der Waals surface area contributed by atoms with E-state index in [1.807, 2.05) is 0 Å². The number of methoxy groups -OCH3 is 2. The molecule has 9 nitrogen and oxygen atoms in total. The van der Waals surface area contributed by atoms with Gasteiger partial charge in [-0.25, -0.2) is 4.79 Å². The Morgan fingerprint density at radius 3 is 2.50 bits per heavy atom. The zero-order valence-electron chi connectivity index (χ0n) is 14.0. The summed E-state index contributed by atoms with van der Waals surface area (Å²) in [6.07, 6.45) is 0. The zero-order chi connectivity index (χ0) is 19.1. The second-order valence-corrected chi connectivity index (χ2v) is 6.00. The molecule has 0 fully saturated rings. The number of nitrogens with one attached hydrogen (secondary N) is 1. The van der Waals surface area contributed by atoms with Crippen molar-refractivity contribution in [3.8, 4) is 11.5 Å². The van der Waals surface area contributed by atoms with Gasteiger partial charge >= 0.3 is 11.0 Å². The van der Waals surface area contributed by atoms with Crippen LogP contribution in [0.25, 0.3) is 0 Å². The molecule has 0 saturated heterocycles. The number of benzene rings is 1. The van der Waals surface area contributed by atoms with Crippen LogP contribution in [0.5, 0.6) is 11.5 Å². The molecule has 0 saturated carbocycles. The number of nitro groups is 1. The minimum atomic E-state index is -0.788. The number of amides is 1. The summed E-state index contributed by atoms with van der Waals surface area (Å²) in [5.74, 6) is -0.185. The fraction of sp³-hybridized carbons (Fsp3) is 0.250. The van der Waals surface area contributed by atoms with E-state index >= 15 is 0 Å². The molecule has 1 heterocycles. The number of carbonyl (C=O) groups excluding carboxylic acids is 2. The van der Waals surface area contributed by atoms with Gasteiger partial charge in [0.15, 0.2) is 18.1 Å². The maximum Gasteiger partial charge on any atom is 0.349 e. The Bertz CT molecular complexity index is 819. The maximum atomic E-state index is 11.8. The molecule has 0 spiro atoms. The topological polar surface area (TPSA) is 117 Å². The van der Waals surface area contributed by atoms with E-state index in [9.17, 15) is 19.7 Å². The standard InChI is InChI=1S/C16H16N2O7S/c1-23-11-4-3-10(7-12(11)24-2)8-17-14(19)9-25-16(20)13-5-6-15(26-13)18(21)22/h3-7H,8-9H2,1-2H3,(H,17,19). The van der Waals surface area contributed by atoms with Crippen molar-refractivity contribution in [2.24, 2.45) is 0 Å². The lowest BCUT2D eigenvalue weighted by molar-refractivity contribution is -0.380. The highest BCUT2D eigenvalue weighted by Gasteiger charge is 2.17. The molecule has 1 aromatic heterocycles. The van der Waals surface area contributed by atoms with Crippen LogP contribution >= 0.6 is 11.3 Å². The lowest BCUT2D eigenvalue weighted by atomic mass is 10.2. The van der Waals surface area contributed by atoms with Crippen molar-refractivity contribution in [1.29, 1.82) is 0 Å². The first kappa shape index (κ1) is 19.2. The van der Waals surface area contributed by atoms with Crippen LogP contribution in [-0.2, 0) is 16.1 Å². The molecule has 10 heteroatoms. The highest BCUT2D eigenvalue weighted by molar-refractivity contribution is 7.17. The Kier molecular flexibility index (Phi) is 6.50. The predicted molar refractivity (Wildman–Crippen MR) is 92.6 cm³/mol. The van der Waals surface area contributed by atoms with Crippen molar-refractivity contribution >= 4 is 28.2 Å². The highest BCUT2D eigenvalue weighted by Crippen LogP contribution is 2.27. The third-order valence-corrected chi connectivity index (χ3v) is 4.26. The van der Waals surface area contributed by atoms with Crippen molar-refractivity contribution in [2.75, 3.05) is 20.8 Å². The smallest absolute Gasteiger partial charge is 0.349 e. The van der Waals surface area contributed by atoms with Gasteiger partial charge in [-0.1, -0.05) is 17.4 Å². The van der Waals surface area contributed by atoms with Crippen LogP contribution in [-0.4, -0.2) is 37.6 Å². The van der Waals surface area contributed by atoms with Gasteiger partial charge in [-0.2, -0.15) is 0 Å². The molecule has 1 aromatic carbocycles. The number of nitrogens with zero attached hydrogens (tertiary/aromatic N) is 1. The van der Waals surface area contributed by atoms with E-state index in [1.54, 1.807) is 18.2 Å². The van der Waals surface area contributed by atoms with Gasteiger partial charge in [0.25, 0.3) is 5.91 Å². The van der Waals surface area contributed by atoms with Gasteiger partial charge in [-0.05, 0) is 23.8 Å². The number of carbonyl (C=O) groups is 2. The number of esters is 1. The fourth-order valence-corrected chi connectivity index (χ4v) is 2.69. The molecule has 0 bridgehead atoms. The lowest BCUT2D eigenvalue weighted by Crippen LogP contribution is -2.28. The van der Waals surface area contributed by atoms with E-state index in [1.165, 1.54) is 26.4 Å².